The van der Waals surface area contributed by atoms with Crippen molar-refractivity contribution in [3.8, 4) is 0 Å². The van der Waals surface area contributed by atoms with E-state index < -0.39 is 0 Å². The predicted octanol–water partition coefficient (Wildman–Crippen LogP) is 1.42. The highest BCUT2D eigenvalue weighted by Gasteiger charge is 2.25. The molecule has 0 amide bonds. The Kier molecular flexibility index (Phi) is 1.85. The van der Waals surface area contributed by atoms with Gasteiger partial charge in [-0.15, -0.1) is 0 Å². The molecular weight excluding hydrogens is 148 g/mol. The smallest absolute Gasteiger partial charge is 0.0462 e. The highest BCUT2D eigenvalue weighted by Crippen LogP contribution is 2.23. The molecule has 2 nitrogen and oxygen atoms in total. The summed E-state index contributed by atoms with van der Waals surface area (Å²) in [6.45, 7) is 4.44. The molecule has 0 spiro atoms. The van der Waals surface area contributed by atoms with Gasteiger partial charge in [0.25, 0.3) is 0 Å². The fourth-order valence-corrected chi connectivity index (χ4v) is 1.67. The number of hydrogen-bond acceptors (Lipinski definition) is 2. The van der Waals surface area contributed by atoms with Crippen molar-refractivity contribution in [2.75, 3.05) is 20.1 Å². The maximum atomic E-state index is 4.37. The van der Waals surface area contributed by atoms with Crippen molar-refractivity contribution in [2.45, 2.75) is 12.8 Å². The van der Waals surface area contributed by atoms with Gasteiger partial charge in [0.1, 0.15) is 0 Å². The van der Waals surface area contributed by atoms with Gasteiger partial charge in [0, 0.05) is 30.9 Å². The largest absolute Gasteiger partial charge is 0.305 e. The molecule has 1 aromatic rings. The van der Waals surface area contributed by atoms with E-state index >= 15 is 0 Å². The molecule has 0 bridgehead atoms. The molecule has 1 saturated heterocycles. The highest BCUT2D eigenvalue weighted by molar-refractivity contribution is 5.20. The van der Waals surface area contributed by atoms with E-state index in [1.165, 1.54) is 11.3 Å². The molecule has 1 aliphatic heterocycles. The second kappa shape index (κ2) is 2.87. The lowest BCUT2D eigenvalue weighted by molar-refractivity contribution is 0.186. The summed E-state index contributed by atoms with van der Waals surface area (Å²) >= 11 is 0. The molecule has 0 unspecified atom stereocenters. The fourth-order valence-electron chi connectivity index (χ4n) is 1.67. The molecule has 0 atom stereocenters. The van der Waals surface area contributed by atoms with Crippen LogP contribution in [0.15, 0.2) is 18.3 Å². The third-order valence-electron chi connectivity index (χ3n) is 2.42. The van der Waals surface area contributed by atoms with Crippen LogP contribution in [0.4, 0.5) is 0 Å². The number of pyridine rings is 1. The molecule has 64 valence electrons. The number of aryl methyl sites for hydroxylation is 1. The molecule has 0 aromatic carbocycles. The maximum absolute atomic E-state index is 4.37. The predicted molar refractivity (Wildman–Crippen MR) is 49.2 cm³/mol. The zero-order valence-corrected chi connectivity index (χ0v) is 7.62. The Labute approximate surface area is 73.2 Å². The van der Waals surface area contributed by atoms with Crippen molar-refractivity contribution < 1.29 is 0 Å². The third-order valence-corrected chi connectivity index (χ3v) is 2.42. The van der Waals surface area contributed by atoms with Crippen LogP contribution in [-0.2, 0) is 0 Å². The second-order valence-corrected chi connectivity index (χ2v) is 3.68. The standard InChI is InChI=1S/C10H14N2/c1-8-3-4-11-10(5-8)9-6-12(2)7-9/h3-5,9H,6-7H2,1-2H3. The van der Waals surface area contributed by atoms with Crippen LogP contribution in [0.1, 0.15) is 17.2 Å². The third kappa shape index (κ3) is 1.34. The summed E-state index contributed by atoms with van der Waals surface area (Å²) in [7, 11) is 2.15. The Morgan fingerprint density at radius 3 is 2.83 bits per heavy atom. The first-order valence-corrected chi connectivity index (χ1v) is 4.37. The average molecular weight is 162 g/mol. The number of rotatable bonds is 1. The monoisotopic (exact) mass is 162 g/mol. The Bertz CT molecular complexity index is 277. The van der Waals surface area contributed by atoms with E-state index in [1.54, 1.807) is 0 Å². The van der Waals surface area contributed by atoms with Gasteiger partial charge in [-0.25, -0.2) is 0 Å². The SMILES string of the molecule is Cc1ccnc(C2CN(C)C2)c1. The van der Waals surface area contributed by atoms with E-state index in [-0.39, 0.29) is 0 Å². The summed E-state index contributed by atoms with van der Waals surface area (Å²) in [5.41, 5.74) is 2.57. The molecule has 0 saturated carbocycles. The van der Waals surface area contributed by atoms with Gasteiger partial charge in [-0.2, -0.15) is 0 Å². The van der Waals surface area contributed by atoms with Crippen LogP contribution < -0.4 is 0 Å². The molecule has 0 N–H and O–H groups in total. The molecule has 0 aliphatic carbocycles. The summed E-state index contributed by atoms with van der Waals surface area (Å²) < 4.78 is 0. The highest BCUT2D eigenvalue weighted by atomic mass is 15.2. The second-order valence-electron chi connectivity index (χ2n) is 3.68. The van der Waals surface area contributed by atoms with Crippen molar-refractivity contribution in [2.24, 2.45) is 0 Å². The van der Waals surface area contributed by atoms with Crippen molar-refractivity contribution >= 4 is 0 Å². The molecule has 2 heterocycles. The van der Waals surface area contributed by atoms with E-state index in [1.807, 2.05) is 12.3 Å². The minimum atomic E-state index is 0.676. The van der Waals surface area contributed by atoms with Crippen molar-refractivity contribution in [1.82, 2.24) is 9.88 Å². The van der Waals surface area contributed by atoms with Crippen molar-refractivity contribution in [3.63, 3.8) is 0 Å². The van der Waals surface area contributed by atoms with Crippen LogP contribution in [0.2, 0.25) is 0 Å². The average Bonchev–Trinajstić information content (AvgIpc) is 1.99. The first kappa shape index (κ1) is 7.74. The molecule has 0 radical (unpaired) electrons. The van der Waals surface area contributed by atoms with E-state index in [0.29, 0.717) is 5.92 Å². The lowest BCUT2D eigenvalue weighted by atomic mass is 9.96. The lowest BCUT2D eigenvalue weighted by Gasteiger charge is -2.35. The molecule has 2 rings (SSSR count). The van der Waals surface area contributed by atoms with E-state index in [0.717, 1.165) is 13.1 Å². The molecule has 1 aliphatic rings. The zero-order valence-electron chi connectivity index (χ0n) is 7.62. The van der Waals surface area contributed by atoms with Gasteiger partial charge in [-0.3, -0.25) is 4.98 Å². The van der Waals surface area contributed by atoms with Gasteiger partial charge in [0.15, 0.2) is 0 Å². The zero-order chi connectivity index (χ0) is 8.55. The summed E-state index contributed by atoms with van der Waals surface area (Å²) in [4.78, 5) is 6.68. The van der Waals surface area contributed by atoms with Crippen LogP contribution >= 0.6 is 0 Å². The normalized spacial score (nSPS) is 19.2. The van der Waals surface area contributed by atoms with Crippen molar-refractivity contribution in [3.05, 3.63) is 29.6 Å². The van der Waals surface area contributed by atoms with Crippen LogP contribution in [0.25, 0.3) is 0 Å². The Balaban J connectivity index is 2.13. The fraction of sp³-hybridized carbons (Fsp3) is 0.500. The Morgan fingerprint density at radius 1 is 1.50 bits per heavy atom. The molecule has 2 heteroatoms. The topological polar surface area (TPSA) is 16.1 Å². The summed E-state index contributed by atoms with van der Waals surface area (Å²) in [6, 6.07) is 4.24. The van der Waals surface area contributed by atoms with Crippen LogP contribution in [0.5, 0.6) is 0 Å². The van der Waals surface area contributed by atoms with Gasteiger partial charge in [0.2, 0.25) is 0 Å². The van der Waals surface area contributed by atoms with Gasteiger partial charge in [-0.1, -0.05) is 0 Å². The molecular formula is C10H14N2. The molecule has 1 aromatic heterocycles. The van der Waals surface area contributed by atoms with E-state index in [9.17, 15) is 0 Å². The Morgan fingerprint density at radius 2 is 2.25 bits per heavy atom. The van der Waals surface area contributed by atoms with Gasteiger partial charge >= 0.3 is 0 Å². The maximum Gasteiger partial charge on any atom is 0.0462 e. The molecule has 12 heavy (non-hydrogen) atoms. The first-order valence-electron chi connectivity index (χ1n) is 4.37. The first-order chi connectivity index (χ1) is 5.75. The lowest BCUT2D eigenvalue weighted by Crippen LogP contribution is -2.42. The number of likely N-dealkylation sites (tertiary alicyclic amines) is 1. The number of hydrogen-bond donors (Lipinski definition) is 0. The van der Waals surface area contributed by atoms with E-state index in [2.05, 4.69) is 29.9 Å². The quantitative estimate of drug-likeness (QED) is 0.621. The van der Waals surface area contributed by atoms with Gasteiger partial charge in [-0.05, 0) is 31.7 Å². The summed E-state index contributed by atoms with van der Waals surface area (Å²) in [5.74, 6) is 0.676. The van der Waals surface area contributed by atoms with Gasteiger partial charge < -0.3 is 4.90 Å². The van der Waals surface area contributed by atoms with Crippen molar-refractivity contribution in [1.29, 1.82) is 0 Å². The Hall–Kier alpha value is -0.890. The molecule has 1 fully saturated rings. The number of aromatic nitrogens is 1. The van der Waals surface area contributed by atoms with E-state index in [4.69, 9.17) is 0 Å². The van der Waals surface area contributed by atoms with Crippen LogP contribution in [-0.4, -0.2) is 30.0 Å². The number of nitrogens with zero attached hydrogens (tertiary/aromatic N) is 2. The summed E-state index contributed by atoms with van der Waals surface area (Å²) in [5, 5.41) is 0. The van der Waals surface area contributed by atoms with Crippen LogP contribution in [0.3, 0.4) is 0 Å². The minimum Gasteiger partial charge on any atom is -0.305 e. The minimum absolute atomic E-state index is 0.676. The van der Waals surface area contributed by atoms with Gasteiger partial charge in [0.05, 0.1) is 0 Å². The number of likely N-dealkylation sites (N-methyl/N-ethyl adjacent to an activating group) is 1. The van der Waals surface area contributed by atoms with Crippen LogP contribution in [0, 0.1) is 6.92 Å². The summed E-state index contributed by atoms with van der Waals surface area (Å²) in [6.07, 6.45) is 1.91.